The van der Waals surface area contributed by atoms with E-state index in [2.05, 4.69) is 4.98 Å². The van der Waals surface area contributed by atoms with Crippen LogP contribution >= 0.6 is 0 Å². The van der Waals surface area contributed by atoms with Crippen LogP contribution in [0, 0.1) is 15.9 Å². The Morgan fingerprint density at radius 2 is 2.05 bits per heavy atom. The SMILES string of the molecule is CC(=O)OCc1cc(CN2CCOc3cc(C4CC4)cc(F)c3C2=O)ccc1-c1ccnc(N)c1[N+](=O)[O-]. The Balaban J connectivity index is 1.48. The van der Waals surface area contributed by atoms with Gasteiger partial charge in [-0.25, -0.2) is 9.37 Å². The number of nitrogen functional groups attached to an aromatic ring is 1. The van der Waals surface area contributed by atoms with Gasteiger partial charge in [0.1, 0.15) is 30.3 Å². The molecule has 38 heavy (non-hydrogen) atoms. The number of hydrogen-bond acceptors (Lipinski definition) is 8. The zero-order valence-corrected chi connectivity index (χ0v) is 20.6. The standard InChI is InChI=1S/C27H25FN4O6/c1-15(33)38-14-19-10-16(2-5-20(19)21-6-7-30-26(29)25(21)32(35)36)13-31-8-9-37-23-12-18(17-3-4-17)11-22(28)24(23)27(31)34/h2,5-7,10-12,17H,3-4,8-9,13-14H2,1H3,(H2,29,30). The van der Waals surface area contributed by atoms with Crippen LogP contribution in [-0.4, -0.2) is 39.8 Å². The number of fused-ring (bicyclic) bond motifs is 1. The van der Waals surface area contributed by atoms with Crippen LogP contribution in [0.3, 0.4) is 0 Å². The number of benzene rings is 2. The molecule has 5 rings (SSSR count). The number of aromatic nitrogens is 1. The Morgan fingerprint density at radius 3 is 2.76 bits per heavy atom. The number of ether oxygens (including phenoxy) is 2. The highest BCUT2D eigenvalue weighted by atomic mass is 19.1. The van der Waals surface area contributed by atoms with Gasteiger partial charge < -0.3 is 20.1 Å². The summed E-state index contributed by atoms with van der Waals surface area (Å²) in [5.74, 6) is -1.28. The second kappa shape index (κ2) is 10.1. The predicted octanol–water partition coefficient (Wildman–Crippen LogP) is 4.35. The molecule has 1 fully saturated rings. The topological polar surface area (TPSA) is 138 Å². The summed E-state index contributed by atoms with van der Waals surface area (Å²) in [5.41, 5.74) is 7.96. The summed E-state index contributed by atoms with van der Waals surface area (Å²) in [7, 11) is 0. The van der Waals surface area contributed by atoms with E-state index in [1.807, 2.05) is 0 Å². The summed E-state index contributed by atoms with van der Waals surface area (Å²) in [6.45, 7) is 1.66. The van der Waals surface area contributed by atoms with E-state index in [1.165, 1.54) is 30.2 Å². The van der Waals surface area contributed by atoms with Crippen molar-refractivity contribution >= 4 is 23.4 Å². The van der Waals surface area contributed by atoms with Crippen molar-refractivity contribution in [3.05, 3.63) is 80.8 Å². The molecule has 0 bridgehead atoms. The first-order chi connectivity index (χ1) is 18.2. The van der Waals surface area contributed by atoms with Crippen molar-refractivity contribution in [2.45, 2.75) is 38.8 Å². The number of nitro groups is 1. The maximum atomic E-state index is 15.0. The first-order valence-corrected chi connectivity index (χ1v) is 12.1. The number of carbonyl (C=O) groups is 2. The molecule has 3 aromatic rings. The van der Waals surface area contributed by atoms with Gasteiger partial charge in [0.05, 0.1) is 17.0 Å². The first-order valence-electron chi connectivity index (χ1n) is 12.1. The average Bonchev–Trinajstić information content (AvgIpc) is 3.72. The van der Waals surface area contributed by atoms with Crippen LogP contribution < -0.4 is 10.5 Å². The Hall–Kier alpha value is -4.54. The Labute approximate surface area is 217 Å². The molecule has 0 spiro atoms. The molecule has 1 aromatic heterocycles. The number of carbonyl (C=O) groups excluding carboxylic acids is 2. The minimum absolute atomic E-state index is 0.0912. The van der Waals surface area contributed by atoms with E-state index in [0.717, 1.165) is 18.4 Å². The van der Waals surface area contributed by atoms with Crippen LogP contribution in [0.4, 0.5) is 15.9 Å². The summed E-state index contributed by atoms with van der Waals surface area (Å²) in [6.07, 6.45) is 3.36. The highest BCUT2D eigenvalue weighted by Crippen LogP contribution is 2.43. The zero-order chi connectivity index (χ0) is 27.0. The minimum Gasteiger partial charge on any atom is -0.491 e. The fraction of sp³-hybridized carbons (Fsp3) is 0.296. The van der Waals surface area contributed by atoms with Crippen LogP contribution in [0.2, 0.25) is 0 Å². The van der Waals surface area contributed by atoms with Gasteiger partial charge in [0, 0.05) is 19.7 Å². The Kier molecular flexibility index (Phi) is 6.66. The molecule has 1 aliphatic heterocycles. The van der Waals surface area contributed by atoms with Crippen molar-refractivity contribution in [1.82, 2.24) is 9.88 Å². The molecule has 2 heterocycles. The number of pyridine rings is 1. The molecule has 10 nitrogen and oxygen atoms in total. The lowest BCUT2D eigenvalue weighted by Crippen LogP contribution is -2.32. The molecule has 0 atom stereocenters. The molecule has 2 aromatic carbocycles. The normalized spacial score (nSPS) is 14.9. The van der Waals surface area contributed by atoms with Crippen molar-refractivity contribution in [2.75, 3.05) is 18.9 Å². The number of esters is 1. The third-order valence-corrected chi connectivity index (χ3v) is 6.64. The molecular weight excluding hydrogens is 495 g/mol. The third kappa shape index (κ3) is 4.99. The van der Waals surface area contributed by atoms with Crippen LogP contribution in [0.1, 0.15) is 52.7 Å². The van der Waals surface area contributed by atoms with E-state index in [-0.39, 0.29) is 54.7 Å². The number of amides is 1. The second-order valence-electron chi connectivity index (χ2n) is 9.35. The lowest BCUT2D eigenvalue weighted by molar-refractivity contribution is -0.383. The molecule has 0 radical (unpaired) electrons. The number of nitrogens with zero attached hydrogens (tertiary/aromatic N) is 3. The summed E-state index contributed by atoms with van der Waals surface area (Å²) in [5, 5.41) is 11.7. The van der Waals surface area contributed by atoms with Crippen molar-refractivity contribution in [1.29, 1.82) is 0 Å². The quantitative estimate of drug-likeness (QED) is 0.276. The van der Waals surface area contributed by atoms with Gasteiger partial charge in [-0.1, -0.05) is 12.1 Å². The summed E-state index contributed by atoms with van der Waals surface area (Å²) in [4.78, 5) is 41.3. The van der Waals surface area contributed by atoms with Gasteiger partial charge in [0.25, 0.3) is 5.91 Å². The number of halogens is 1. The van der Waals surface area contributed by atoms with Crippen molar-refractivity contribution < 1.29 is 28.4 Å². The smallest absolute Gasteiger partial charge is 0.318 e. The summed E-state index contributed by atoms with van der Waals surface area (Å²) in [6, 6.07) is 9.69. The monoisotopic (exact) mass is 520 g/mol. The molecule has 11 heteroatoms. The first kappa shape index (κ1) is 25.1. The molecule has 1 aliphatic carbocycles. The van der Waals surface area contributed by atoms with E-state index >= 15 is 4.39 Å². The number of nitrogens with two attached hydrogens (primary N) is 1. The second-order valence-corrected chi connectivity index (χ2v) is 9.35. The van der Waals surface area contributed by atoms with Gasteiger partial charge in [-0.15, -0.1) is 0 Å². The van der Waals surface area contributed by atoms with Crippen LogP contribution in [0.15, 0.2) is 42.6 Å². The largest absolute Gasteiger partial charge is 0.491 e. The predicted molar refractivity (Wildman–Crippen MR) is 135 cm³/mol. The highest BCUT2D eigenvalue weighted by molar-refractivity contribution is 5.97. The number of hydrogen-bond donors (Lipinski definition) is 1. The highest BCUT2D eigenvalue weighted by Gasteiger charge is 2.31. The summed E-state index contributed by atoms with van der Waals surface area (Å²) < 4.78 is 26.0. The lowest BCUT2D eigenvalue weighted by Gasteiger charge is -2.21. The van der Waals surface area contributed by atoms with E-state index in [1.54, 1.807) is 24.3 Å². The maximum Gasteiger partial charge on any atom is 0.318 e. The van der Waals surface area contributed by atoms with E-state index in [4.69, 9.17) is 15.2 Å². The number of rotatable bonds is 7. The van der Waals surface area contributed by atoms with Crippen LogP contribution in [-0.2, 0) is 22.7 Å². The van der Waals surface area contributed by atoms with Crippen LogP contribution in [0.5, 0.6) is 5.75 Å². The van der Waals surface area contributed by atoms with Gasteiger partial charge in [-0.05, 0) is 65.3 Å². The van der Waals surface area contributed by atoms with Gasteiger partial charge in [0.2, 0.25) is 5.82 Å². The fourth-order valence-corrected chi connectivity index (χ4v) is 4.66. The van der Waals surface area contributed by atoms with Gasteiger partial charge in [-0.2, -0.15) is 0 Å². The molecule has 2 N–H and O–H groups in total. The summed E-state index contributed by atoms with van der Waals surface area (Å²) >= 11 is 0. The molecular formula is C27H25FN4O6. The van der Waals surface area contributed by atoms with Crippen molar-refractivity contribution in [2.24, 2.45) is 0 Å². The zero-order valence-electron chi connectivity index (χ0n) is 20.6. The average molecular weight is 521 g/mol. The van der Waals surface area contributed by atoms with Crippen molar-refractivity contribution in [3.63, 3.8) is 0 Å². The molecule has 196 valence electrons. The molecule has 1 amide bonds. The fourth-order valence-electron chi connectivity index (χ4n) is 4.66. The Bertz CT molecular complexity index is 1460. The lowest BCUT2D eigenvalue weighted by atomic mass is 9.96. The molecule has 0 saturated heterocycles. The van der Waals surface area contributed by atoms with Crippen molar-refractivity contribution in [3.8, 4) is 16.9 Å². The van der Waals surface area contributed by atoms with Gasteiger partial charge >= 0.3 is 11.7 Å². The molecule has 0 unspecified atom stereocenters. The van der Waals surface area contributed by atoms with E-state index < -0.39 is 22.6 Å². The van der Waals surface area contributed by atoms with E-state index in [9.17, 15) is 19.7 Å². The van der Waals surface area contributed by atoms with E-state index in [0.29, 0.717) is 22.6 Å². The Morgan fingerprint density at radius 1 is 1.26 bits per heavy atom. The van der Waals surface area contributed by atoms with Crippen LogP contribution in [0.25, 0.3) is 11.1 Å². The molecule has 2 aliphatic rings. The molecule has 1 saturated carbocycles. The third-order valence-electron chi connectivity index (χ3n) is 6.64. The minimum atomic E-state index is -0.613. The maximum absolute atomic E-state index is 15.0. The number of anilines is 1. The van der Waals surface area contributed by atoms with Gasteiger partial charge in [0.15, 0.2) is 0 Å². The van der Waals surface area contributed by atoms with Gasteiger partial charge in [-0.3, -0.25) is 19.7 Å².